The topological polar surface area (TPSA) is 64.7 Å². The van der Waals surface area contributed by atoms with Gasteiger partial charge in [-0.3, -0.25) is 9.48 Å². The van der Waals surface area contributed by atoms with Crippen molar-refractivity contribution in [3.63, 3.8) is 0 Å². The van der Waals surface area contributed by atoms with Crippen molar-refractivity contribution in [1.82, 2.24) is 19.6 Å². The van der Waals surface area contributed by atoms with Crippen LogP contribution in [0, 0.1) is 5.82 Å². The van der Waals surface area contributed by atoms with Crippen molar-refractivity contribution in [1.29, 1.82) is 0 Å². The number of nitrogens with one attached hydrogen (secondary N) is 1. The van der Waals surface area contributed by atoms with E-state index in [1.54, 1.807) is 35.1 Å². The monoisotopic (exact) mass is 327 g/mol. The first-order valence-corrected chi connectivity index (χ1v) is 7.60. The molecule has 1 amide bonds. The van der Waals surface area contributed by atoms with E-state index >= 15 is 0 Å². The summed E-state index contributed by atoms with van der Waals surface area (Å²) in [5, 5.41) is 11.0. The van der Waals surface area contributed by atoms with Gasteiger partial charge in [-0.15, -0.1) is 0 Å². The molecule has 0 atom stereocenters. The molecule has 0 aliphatic rings. The van der Waals surface area contributed by atoms with Gasteiger partial charge in [-0.25, -0.2) is 9.07 Å². The molecule has 0 spiro atoms. The van der Waals surface area contributed by atoms with E-state index in [0.717, 1.165) is 5.69 Å². The number of carbonyl (C=O) groups excluding carboxylic acids is 1. The number of halogens is 1. The Bertz CT molecular complexity index is 881. The number of nitrogens with zero attached hydrogens (tertiary/aromatic N) is 4. The molecule has 0 aliphatic heterocycles. The standard InChI is InChI=1S/C17H18FN5O/c1-11(2)16-8-14(21-22(16)3)17(24)20-12-9-19-23(10-12)15-7-5-4-6-13(15)18/h4-11H,1-3H3,(H,20,24). The fraction of sp³-hybridized carbons (Fsp3) is 0.235. The summed E-state index contributed by atoms with van der Waals surface area (Å²) in [4.78, 5) is 12.3. The number of carbonyl (C=O) groups is 1. The lowest BCUT2D eigenvalue weighted by Crippen LogP contribution is -2.12. The Morgan fingerprint density at radius 1 is 1.29 bits per heavy atom. The zero-order valence-electron chi connectivity index (χ0n) is 13.7. The smallest absolute Gasteiger partial charge is 0.276 e. The van der Waals surface area contributed by atoms with Gasteiger partial charge in [0, 0.05) is 12.7 Å². The van der Waals surface area contributed by atoms with Crippen LogP contribution in [0.25, 0.3) is 5.69 Å². The van der Waals surface area contributed by atoms with Crippen LogP contribution >= 0.6 is 0 Å². The molecule has 2 heterocycles. The number of anilines is 1. The van der Waals surface area contributed by atoms with Crippen LogP contribution < -0.4 is 5.32 Å². The zero-order chi connectivity index (χ0) is 17.3. The molecule has 0 saturated heterocycles. The van der Waals surface area contributed by atoms with Crippen molar-refractivity contribution >= 4 is 11.6 Å². The van der Waals surface area contributed by atoms with Crippen LogP contribution in [0.2, 0.25) is 0 Å². The lowest BCUT2D eigenvalue weighted by atomic mass is 10.1. The summed E-state index contributed by atoms with van der Waals surface area (Å²) in [6.45, 7) is 4.08. The van der Waals surface area contributed by atoms with Crippen LogP contribution in [0.5, 0.6) is 0 Å². The minimum Gasteiger partial charge on any atom is -0.318 e. The van der Waals surface area contributed by atoms with Gasteiger partial charge in [0.2, 0.25) is 0 Å². The molecule has 3 aromatic rings. The van der Waals surface area contributed by atoms with Crippen LogP contribution in [0.1, 0.15) is 35.9 Å². The van der Waals surface area contributed by atoms with Crippen LogP contribution in [-0.2, 0) is 7.05 Å². The molecule has 24 heavy (non-hydrogen) atoms. The molecule has 0 saturated carbocycles. The number of amides is 1. The molecule has 2 aromatic heterocycles. The molecule has 3 rings (SSSR count). The Morgan fingerprint density at radius 3 is 2.71 bits per heavy atom. The predicted molar refractivity (Wildman–Crippen MR) is 88.8 cm³/mol. The van der Waals surface area contributed by atoms with Crippen molar-refractivity contribution in [2.24, 2.45) is 7.05 Å². The van der Waals surface area contributed by atoms with Gasteiger partial charge in [-0.05, 0) is 24.1 Å². The van der Waals surface area contributed by atoms with Crippen LogP contribution in [0.4, 0.5) is 10.1 Å². The van der Waals surface area contributed by atoms with Gasteiger partial charge in [-0.1, -0.05) is 26.0 Å². The third-order valence-corrected chi connectivity index (χ3v) is 3.68. The minimum absolute atomic E-state index is 0.271. The predicted octanol–water partition coefficient (Wildman–Crippen LogP) is 3.12. The molecule has 6 nitrogen and oxygen atoms in total. The highest BCUT2D eigenvalue weighted by atomic mass is 19.1. The van der Waals surface area contributed by atoms with Crippen LogP contribution in [0.15, 0.2) is 42.7 Å². The van der Waals surface area contributed by atoms with E-state index in [1.165, 1.54) is 16.9 Å². The molecule has 0 bridgehead atoms. The van der Waals surface area contributed by atoms with Gasteiger partial charge in [0.15, 0.2) is 5.69 Å². The second-order valence-electron chi connectivity index (χ2n) is 5.81. The van der Waals surface area contributed by atoms with E-state index < -0.39 is 0 Å². The van der Waals surface area contributed by atoms with Gasteiger partial charge in [0.05, 0.1) is 18.1 Å². The van der Waals surface area contributed by atoms with Crippen LogP contribution in [-0.4, -0.2) is 25.5 Å². The Labute approximate surface area is 138 Å². The number of aryl methyl sites for hydroxylation is 1. The molecule has 1 aromatic carbocycles. The largest absolute Gasteiger partial charge is 0.318 e. The quantitative estimate of drug-likeness (QED) is 0.801. The van der Waals surface area contributed by atoms with Crippen molar-refractivity contribution < 1.29 is 9.18 Å². The van der Waals surface area contributed by atoms with E-state index in [-0.39, 0.29) is 17.6 Å². The molecule has 124 valence electrons. The van der Waals surface area contributed by atoms with Gasteiger partial charge in [-0.2, -0.15) is 10.2 Å². The van der Waals surface area contributed by atoms with E-state index in [9.17, 15) is 9.18 Å². The number of benzene rings is 1. The number of para-hydroxylation sites is 1. The maximum Gasteiger partial charge on any atom is 0.276 e. The van der Waals surface area contributed by atoms with E-state index in [1.807, 2.05) is 20.9 Å². The SMILES string of the molecule is CC(C)c1cc(C(=O)Nc2cnn(-c3ccccc3F)c2)nn1C. The summed E-state index contributed by atoms with van der Waals surface area (Å²) in [6, 6.07) is 8.07. The Kier molecular flexibility index (Phi) is 4.16. The van der Waals surface area contributed by atoms with Crippen LogP contribution in [0.3, 0.4) is 0 Å². The fourth-order valence-corrected chi connectivity index (χ4v) is 2.48. The Balaban J connectivity index is 1.79. The molecule has 0 aliphatic carbocycles. The summed E-state index contributed by atoms with van der Waals surface area (Å²) in [6.07, 6.45) is 3.03. The highest BCUT2D eigenvalue weighted by Gasteiger charge is 2.15. The fourth-order valence-electron chi connectivity index (χ4n) is 2.48. The first-order chi connectivity index (χ1) is 11.5. The molecule has 0 fully saturated rings. The van der Waals surface area contributed by atoms with Crippen molar-refractivity contribution in [2.45, 2.75) is 19.8 Å². The minimum atomic E-state index is -0.384. The average molecular weight is 327 g/mol. The molecule has 0 unspecified atom stereocenters. The first kappa shape index (κ1) is 15.9. The zero-order valence-corrected chi connectivity index (χ0v) is 13.7. The normalized spacial score (nSPS) is 11.0. The maximum atomic E-state index is 13.8. The molecule has 7 heteroatoms. The third-order valence-electron chi connectivity index (χ3n) is 3.68. The summed E-state index contributed by atoms with van der Waals surface area (Å²) in [5.74, 6) is -0.441. The number of hydrogen-bond acceptors (Lipinski definition) is 3. The van der Waals surface area contributed by atoms with Crippen molar-refractivity contribution in [3.8, 4) is 5.69 Å². The van der Waals surface area contributed by atoms with Gasteiger partial charge >= 0.3 is 0 Å². The molecule has 0 radical (unpaired) electrons. The number of rotatable bonds is 4. The second kappa shape index (κ2) is 6.27. The van der Waals surface area contributed by atoms with E-state index in [2.05, 4.69) is 15.5 Å². The highest BCUT2D eigenvalue weighted by Crippen LogP contribution is 2.17. The lowest BCUT2D eigenvalue weighted by Gasteiger charge is -2.02. The average Bonchev–Trinajstić information content (AvgIpc) is 3.14. The summed E-state index contributed by atoms with van der Waals surface area (Å²) in [7, 11) is 1.81. The van der Waals surface area contributed by atoms with Crippen molar-refractivity contribution in [3.05, 3.63) is 59.9 Å². The van der Waals surface area contributed by atoms with Gasteiger partial charge in [0.1, 0.15) is 11.5 Å². The number of hydrogen-bond donors (Lipinski definition) is 1. The lowest BCUT2D eigenvalue weighted by molar-refractivity contribution is 0.102. The van der Waals surface area contributed by atoms with E-state index in [4.69, 9.17) is 0 Å². The Hall–Kier alpha value is -2.96. The summed E-state index contributed by atoms with van der Waals surface area (Å²) >= 11 is 0. The summed E-state index contributed by atoms with van der Waals surface area (Å²) < 4.78 is 16.8. The maximum absolute atomic E-state index is 13.8. The van der Waals surface area contributed by atoms with Gasteiger partial charge in [0.25, 0.3) is 5.91 Å². The summed E-state index contributed by atoms with van der Waals surface area (Å²) in [5.41, 5.74) is 2.10. The molecular formula is C17H18FN5O. The third kappa shape index (κ3) is 3.05. The first-order valence-electron chi connectivity index (χ1n) is 7.60. The Morgan fingerprint density at radius 2 is 2.04 bits per heavy atom. The van der Waals surface area contributed by atoms with Gasteiger partial charge < -0.3 is 5.32 Å². The number of aromatic nitrogens is 4. The molecule has 1 N–H and O–H groups in total. The highest BCUT2D eigenvalue weighted by molar-refractivity contribution is 6.02. The van der Waals surface area contributed by atoms with Crippen molar-refractivity contribution in [2.75, 3.05) is 5.32 Å². The molecular weight excluding hydrogens is 309 g/mol. The second-order valence-corrected chi connectivity index (χ2v) is 5.81. The van der Waals surface area contributed by atoms with E-state index in [0.29, 0.717) is 17.1 Å².